The zero-order valence-corrected chi connectivity index (χ0v) is 13.8. The summed E-state index contributed by atoms with van der Waals surface area (Å²) in [5.41, 5.74) is 0. The van der Waals surface area contributed by atoms with E-state index in [1.54, 1.807) is 69.7 Å². The Kier molecular flexibility index (Phi) is 5.90. The van der Waals surface area contributed by atoms with Crippen LogP contribution in [0, 0.1) is 0 Å². The van der Waals surface area contributed by atoms with Crippen molar-refractivity contribution in [1.29, 1.82) is 0 Å². The number of rotatable bonds is 6. The van der Waals surface area contributed by atoms with Crippen LogP contribution in [0.4, 0.5) is 0 Å². The van der Waals surface area contributed by atoms with E-state index in [4.69, 9.17) is 0 Å². The molecule has 0 aliphatic carbocycles. The molecule has 0 aromatic carbocycles. The maximum atomic E-state index is 4.10. The Morgan fingerprint density at radius 3 is 1.53 bits per heavy atom. The van der Waals surface area contributed by atoms with E-state index in [1.807, 2.05) is 12.5 Å². The normalized spacial score (nSPS) is 10.9. The van der Waals surface area contributed by atoms with Crippen LogP contribution in [-0.2, 0) is 0 Å². The predicted octanol–water partition coefficient (Wildman–Crippen LogP) is 3.68. The van der Waals surface area contributed by atoms with Gasteiger partial charge in [0, 0.05) is 0 Å². The summed E-state index contributed by atoms with van der Waals surface area (Å²) in [6, 6.07) is 0. The zero-order chi connectivity index (χ0) is 12.1. The highest BCUT2D eigenvalue weighted by atomic mass is 32.2. The summed E-state index contributed by atoms with van der Waals surface area (Å²) in [6.07, 6.45) is 4.02. The second kappa shape index (κ2) is 7.19. The Morgan fingerprint density at radius 2 is 1.18 bits per heavy atom. The number of hydrogen-bond donors (Lipinski definition) is 0. The van der Waals surface area contributed by atoms with E-state index < -0.39 is 0 Å². The first kappa shape index (κ1) is 13.9. The molecule has 92 valence electrons. The molecule has 0 amide bonds. The monoisotopic (exact) mass is 340 g/mol. The summed E-state index contributed by atoms with van der Waals surface area (Å²) in [6.45, 7) is 0. The lowest BCUT2D eigenvalue weighted by molar-refractivity contribution is 0.955. The van der Waals surface area contributed by atoms with Gasteiger partial charge in [-0.2, -0.15) is 0 Å². The molecule has 0 aliphatic heterocycles. The van der Waals surface area contributed by atoms with E-state index in [2.05, 4.69) is 20.4 Å². The van der Waals surface area contributed by atoms with Gasteiger partial charge >= 0.3 is 0 Å². The molecule has 4 nitrogen and oxygen atoms in total. The van der Waals surface area contributed by atoms with Crippen molar-refractivity contribution in [3.63, 3.8) is 0 Å². The van der Waals surface area contributed by atoms with Gasteiger partial charge in [-0.15, -0.1) is 20.4 Å². The molecular weight excluding hydrogens is 333 g/mol. The highest BCUT2D eigenvalue weighted by molar-refractivity contribution is 8.17. The van der Waals surface area contributed by atoms with Crippen LogP contribution < -0.4 is 0 Å². The number of aromatic nitrogens is 4. The quantitative estimate of drug-likeness (QED) is 0.583. The first-order chi connectivity index (χ1) is 8.31. The summed E-state index contributed by atoms with van der Waals surface area (Å²) in [5.74, 6) is 0. The molecule has 10 heteroatoms. The van der Waals surface area contributed by atoms with Crippen LogP contribution >= 0.6 is 69.7 Å². The third kappa shape index (κ3) is 4.28. The van der Waals surface area contributed by atoms with Gasteiger partial charge in [0.05, 0.1) is 5.08 Å². The van der Waals surface area contributed by atoms with Crippen LogP contribution in [0.25, 0.3) is 0 Å². The van der Waals surface area contributed by atoms with Crippen molar-refractivity contribution in [3.8, 4) is 0 Å². The second-order valence-electron chi connectivity index (χ2n) is 2.48. The Balaban J connectivity index is 1.79. The van der Waals surface area contributed by atoms with Crippen molar-refractivity contribution in [2.75, 3.05) is 17.6 Å². The van der Waals surface area contributed by atoms with E-state index in [0.29, 0.717) is 0 Å². The highest BCUT2D eigenvalue weighted by Crippen LogP contribution is 2.34. The van der Waals surface area contributed by atoms with E-state index in [9.17, 15) is 0 Å². The number of thioether (sulfide) groups is 4. The fourth-order valence-electron chi connectivity index (χ4n) is 0.806. The Hall–Kier alpha value is 0.520. The minimum absolute atomic E-state index is 0.895. The molecule has 2 rings (SSSR count). The van der Waals surface area contributed by atoms with E-state index in [-0.39, 0.29) is 0 Å². The van der Waals surface area contributed by atoms with Gasteiger partial charge in [0.25, 0.3) is 0 Å². The Morgan fingerprint density at radius 1 is 0.765 bits per heavy atom. The van der Waals surface area contributed by atoms with Gasteiger partial charge in [0.2, 0.25) is 0 Å². The molecular formula is C7H8N4S6. The molecule has 2 aromatic rings. The molecule has 0 atom stereocenters. The molecule has 0 saturated carbocycles. The summed E-state index contributed by atoms with van der Waals surface area (Å²) in [4.78, 5) is 0. The standard InChI is InChI=1S/C7H8N4S6/c1-12-4-8-10-6(16-4)14-3-15-7-11-9-5(13-2)17-7/h3H2,1-2H3. The fourth-order valence-corrected chi connectivity index (χ4v) is 6.18. The van der Waals surface area contributed by atoms with Crippen molar-refractivity contribution in [2.24, 2.45) is 0 Å². The molecule has 0 saturated heterocycles. The van der Waals surface area contributed by atoms with Crippen molar-refractivity contribution in [1.82, 2.24) is 20.4 Å². The van der Waals surface area contributed by atoms with Crippen LogP contribution in [0.2, 0.25) is 0 Å². The summed E-state index contributed by atoms with van der Waals surface area (Å²) >= 11 is 9.91. The average molecular weight is 341 g/mol. The summed E-state index contributed by atoms with van der Waals surface area (Å²) < 4.78 is 4.05. The van der Waals surface area contributed by atoms with Crippen LogP contribution in [0.15, 0.2) is 17.4 Å². The lowest BCUT2D eigenvalue weighted by atomic mass is 11.5. The summed E-state index contributed by atoms with van der Waals surface area (Å²) in [5, 5.41) is 17.2. The molecule has 0 aliphatic rings. The molecule has 2 aromatic heterocycles. The van der Waals surface area contributed by atoms with E-state index in [1.165, 1.54) is 0 Å². The van der Waals surface area contributed by atoms with Gasteiger partial charge < -0.3 is 0 Å². The van der Waals surface area contributed by atoms with Gasteiger partial charge in [-0.3, -0.25) is 0 Å². The minimum Gasteiger partial charge on any atom is -0.131 e. The third-order valence-electron chi connectivity index (χ3n) is 1.49. The first-order valence-electron chi connectivity index (χ1n) is 4.32. The molecule has 0 fully saturated rings. The maximum Gasteiger partial charge on any atom is 0.175 e. The fraction of sp³-hybridized carbons (Fsp3) is 0.429. The number of nitrogens with zero attached hydrogens (tertiary/aromatic N) is 4. The molecule has 0 spiro atoms. The van der Waals surface area contributed by atoms with Gasteiger partial charge in [-0.05, 0) is 12.5 Å². The Labute approximate surface area is 124 Å². The predicted molar refractivity (Wildman–Crippen MR) is 80.0 cm³/mol. The minimum atomic E-state index is 0.895. The Bertz CT molecular complexity index is 426. The van der Waals surface area contributed by atoms with Crippen LogP contribution in [-0.4, -0.2) is 38.0 Å². The topological polar surface area (TPSA) is 51.6 Å². The van der Waals surface area contributed by atoms with E-state index >= 15 is 0 Å². The van der Waals surface area contributed by atoms with Crippen LogP contribution in [0.1, 0.15) is 0 Å². The number of hydrogen-bond acceptors (Lipinski definition) is 10. The third-order valence-corrected chi connectivity index (χ3v) is 7.68. The SMILES string of the molecule is CSc1nnc(SCSc2nnc(SC)s2)s1. The highest BCUT2D eigenvalue weighted by Gasteiger charge is 2.06. The van der Waals surface area contributed by atoms with Crippen molar-refractivity contribution < 1.29 is 0 Å². The van der Waals surface area contributed by atoms with E-state index in [0.717, 1.165) is 22.4 Å². The van der Waals surface area contributed by atoms with Gasteiger partial charge in [-0.25, -0.2) is 0 Å². The first-order valence-corrected chi connectivity index (χ1v) is 10.4. The summed E-state index contributed by atoms with van der Waals surface area (Å²) in [7, 11) is 0. The van der Waals surface area contributed by atoms with Gasteiger partial charge in [0.15, 0.2) is 17.4 Å². The van der Waals surface area contributed by atoms with Crippen LogP contribution in [0.3, 0.4) is 0 Å². The molecule has 0 N–H and O–H groups in total. The van der Waals surface area contributed by atoms with Crippen molar-refractivity contribution >= 4 is 69.7 Å². The molecule has 0 radical (unpaired) electrons. The van der Waals surface area contributed by atoms with Crippen molar-refractivity contribution in [2.45, 2.75) is 17.4 Å². The zero-order valence-electron chi connectivity index (χ0n) is 8.95. The van der Waals surface area contributed by atoms with Crippen LogP contribution in [0.5, 0.6) is 0 Å². The second-order valence-corrected chi connectivity index (χ2v) is 9.35. The van der Waals surface area contributed by atoms with Gasteiger partial charge in [0.1, 0.15) is 0 Å². The lowest BCUT2D eigenvalue weighted by Crippen LogP contribution is -1.74. The molecule has 2 heterocycles. The average Bonchev–Trinajstić information content (AvgIpc) is 2.97. The largest absolute Gasteiger partial charge is 0.175 e. The lowest BCUT2D eigenvalue weighted by Gasteiger charge is -1.92. The van der Waals surface area contributed by atoms with Crippen molar-refractivity contribution in [3.05, 3.63) is 0 Å². The maximum absolute atomic E-state index is 4.10. The molecule has 0 bridgehead atoms. The van der Waals surface area contributed by atoms with Gasteiger partial charge in [-0.1, -0.05) is 69.7 Å². The smallest absolute Gasteiger partial charge is 0.131 e. The molecule has 0 unspecified atom stereocenters. The molecule has 17 heavy (non-hydrogen) atoms.